The van der Waals surface area contributed by atoms with Crippen LogP contribution >= 0.6 is 11.6 Å². The number of carbonyl (C=O) groups excluding carboxylic acids is 1. The SMILES string of the molecule is NCCC(=O)c1cc2c(cc1Cl)OC1(CCCC1)O2. The molecule has 0 radical (unpaired) electrons. The van der Waals surface area contributed by atoms with Gasteiger partial charge in [-0.25, -0.2) is 0 Å². The van der Waals surface area contributed by atoms with E-state index in [2.05, 4.69) is 0 Å². The molecule has 0 atom stereocenters. The van der Waals surface area contributed by atoms with E-state index in [-0.39, 0.29) is 12.2 Å². The van der Waals surface area contributed by atoms with Crippen LogP contribution in [0.25, 0.3) is 0 Å². The molecule has 1 fully saturated rings. The third-order valence-electron chi connectivity index (χ3n) is 3.66. The number of benzene rings is 1. The van der Waals surface area contributed by atoms with Gasteiger partial charge in [-0.15, -0.1) is 0 Å². The zero-order chi connectivity index (χ0) is 13.5. The van der Waals surface area contributed by atoms with Crippen molar-refractivity contribution in [3.8, 4) is 11.5 Å². The van der Waals surface area contributed by atoms with Crippen molar-refractivity contribution in [2.45, 2.75) is 37.9 Å². The molecule has 2 N–H and O–H groups in total. The van der Waals surface area contributed by atoms with Crippen molar-refractivity contribution in [2.75, 3.05) is 6.54 Å². The monoisotopic (exact) mass is 281 g/mol. The maximum atomic E-state index is 11.9. The van der Waals surface area contributed by atoms with Gasteiger partial charge in [-0.1, -0.05) is 11.6 Å². The molecule has 5 heteroatoms. The summed E-state index contributed by atoms with van der Waals surface area (Å²) in [5.74, 6) is 0.662. The topological polar surface area (TPSA) is 61.6 Å². The maximum Gasteiger partial charge on any atom is 0.251 e. The summed E-state index contributed by atoms with van der Waals surface area (Å²) in [7, 11) is 0. The van der Waals surface area contributed by atoms with Gasteiger partial charge in [0.2, 0.25) is 0 Å². The van der Waals surface area contributed by atoms with E-state index in [1.54, 1.807) is 12.1 Å². The standard InChI is InChI=1S/C14H16ClNO3/c15-10-8-13-12(7-9(10)11(17)3-6-16)18-14(19-13)4-1-2-5-14/h7-8H,1-6,16H2. The van der Waals surface area contributed by atoms with Gasteiger partial charge in [0.05, 0.1) is 5.02 Å². The first kappa shape index (κ1) is 12.8. The van der Waals surface area contributed by atoms with Crippen molar-refractivity contribution in [1.82, 2.24) is 0 Å². The highest BCUT2D eigenvalue weighted by atomic mass is 35.5. The predicted octanol–water partition coefficient (Wildman–Crippen LogP) is 2.91. The number of fused-ring (bicyclic) bond motifs is 1. The Morgan fingerprint density at radius 1 is 1.26 bits per heavy atom. The highest BCUT2D eigenvalue weighted by Gasteiger charge is 2.44. The van der Waals surface area contributed by atoms with E-state index in [1.165, 1.54) is 0 Å². The Balaban J connectivity index is 1.91. The molecular formula is C14H16ClNO3. The Bertz CT molecular complexity index is 524. The van der Waals surface area contributed by atoms with E-state index in [1.807, 2.05) is 0 Å². The Morgan fingerprint density at radius 3 is 2.53 bits per heavy atom. The first-order valence-electron chi connectivity index (χ1n) is 6.58. The second-order valence-electron chi connectivity index (χ2n) is 5.06. The normalized spacial score (nSPS) is 19.1. The molecule has 2 aliphatic rings. The number of ketones is 1. The summed E-state index contributed by atoms with van der Waals surface area (Å²) >= 11 is 6.14. The van der Waals surface area contributed by atoms with Gasteiger partial charge in [-0.2, -0.15) is 0 Å². The Hall–Kier alpha value is -1.26. The average Bonchev–Trinajstić information content (AvgIpc) is 2.95. The van der Waals surface area contributed by atoms with Crippen LogP contribution in [0.4, 0.5) is 0 Å². The summed E-state index contributed by atoms with van der Waals surface area (Å²) in [5, 5.41) is 0.399. The molecule has 1 aromatic carbocycles. The molecule has 1 saturated carbocycles. The molecule has 3 rings (SSSR count). The lowest BCUT2D eigenvalue weighted by atomic mass is 10.1. The first-order chi connectivity index (χ1) is 9.13. The van der Waals surface area contributed by atoms with Gasteiger partial charge in [0.25, 0.3) is 5.79 Å². The second-order valence-corrected chi connectivity index (χ2v) is 5.47. The number of hydrogen-bond acceptors (Lipinski definition) is 4. The van der Waals surface area contributed by atoms with Gasteiger partial charge in [0.15, 0.2) is 17.3 Å². The third kappa shape index (κ3) is 2.19. The quantitative estimate of drug-likeness (QED) is 0.866. The van der Waals surface area contributed by atoms with Gasteiger partial charge in [-0.05, 0) is 25.5 Å². The van der Waals surface area contributed by atoms with Crippen LogP contribution < -0.4 is 15.2 Å². The summed E-state index contributed by atoms with van der Waals surface area (Å²) in [4.78, 5) is 11.9. The fourth-order valence-corrected chi connectivity index (χ4v) is 2.97. The van der Waals surface area contributed by atoms with Crippen LogP contribution in [0, 0.1) is 0 Å². The highest BCUT2D eigenvalue weighted by molar-refractivity contribution is 6.34. The van der Waals surface area contributed by atoms with Crippen LogP contribution in [0.1, 0.15) is 42.5 Å². The zero-order valence-electron chi connectivity index (χ0n) is 10.6. The lowest BCUT2D eigenvalue weighted by Gasteiger charge is -2.21. The van der Waals surface area contributed by atoms with Crippen molar-refractivity contribution >= 4 is 17.4 Å². The van der Waals surface area contributed by atoms with Gasteiger partial charge >= 0.3 is 0 Å². The molecule has 1 heterocycles. The third-order valence-corrected chi connectivity index (χ3v) is 3.98. The molecule has 1 aliphatic heterocycles. The lowest BCUT2D eigenvalue weighted by Crippen LogP contribution is -2.34. The van der Waals surface area contributed by atoms with Crippen LogP contribution in [0.3, 0.4) is 0 Å². The smallest absolute Gasteiger partial charge is 0.251 e. The molecule has 1 spiro atoms. The fraction of sp³-hybridized carbons (Fsp3) is 0.500. The second kappa shape index (κ2) is 4.69. The Kier molecular flexibility index (Phi) is 3.15. The summed E-state index contributed by atoms with van der Waals surface area (Å²) < 4.78 is 11.8. The molecule has 4 nitrogen and oxygen atoms in total. The number of ether oxygens (including phenoxy) is 2. The predicted molar refractivity (Wildman–Crippen MR) is 71.9 cm³/mol. The zero-order valence-corrected chi connectivity index (χ0v) is 11.3. The minimum atomic E-state index is -0.527. The summed E-state index contributed by atoms with van der Waals surface area (Å²) in [6, 6.07) is 3.36. The molecule has 0 saturated heterocycles. The van der Waals surface area contributed by atoms with Crippen LogP contribution in [0.15, 0.2) is 12.1 Å². The molecule has 0 amide bonds. The number of rotatable bonds is 3. The number of Topliss-reactive ketones (excluding diaryl/α,β-unsaturated/α-hetero) is 1. The molecule has 0 bridgehead atoms. The number of hydrogen-bond donors (Lipinski definition) is 1. The number of carbonyl (C=O) groups is 1. The van der Waals surface area contributed by atoms with Crippen LogP contribution in [0.5, 0.6) is 11.5 Å². The lowest BCUT2D eigenvalue weighted by molar-refractivity contribution is -0.0716. The summed E-state index contributed by atoms with van der Waals surface area (Å²) in [6.45, 7) is 0.313. The number of halogens is 1. The molecule has 1 aromatic rings. The van der Waals surface area contributed by atoms with Crippen LogP contribution in [-0.2, 0) is 0 Å². The average molecular weight is 282 g/mol. The van der Waals surface area contributed by atoms with E-state index < -0.39 is 5.79 Å². The minimum Gasteiger partial charge on any atom is -0.448 e. The fourth-order valence-electron chi connectivity index (χ4n) is 2.71. The van der Waals surface area contributed by atoms with Crippen LogP contribution in [0.2, 0.25) is 5.02 Å². The van der Waals surface area contributed by atoms with Gasteiger partial charge in [0, 0.05) is 30.9 Å². The molecule has 0 unspecified atom stereocenters. The van der Waals surface area contributed by atoms with Gasteiger partial charge in [0.1, 0.15) is 0 Å². The summed E-state index contributed by atoms with van der Waals surface area (Å²) in [6.07, 6.45) is 4.24. The molecule has 0 aromatic heterocycles. The van der Waals surface area contributed by atoms with Gasteiger partial charge < -0.3 is 15.2 Å². The van der Waals surface area contributed by atoms with Crippen molar-refractivity contribution in [2.24, 2.45) is 5.73 Å². The van der Waals surface area contributed by atoms with E-state index in [0.29, 0.717) is 28.6 Å². The highest BCUT2D eigenvalue weighted by Crippen LogP contribution is 2.48. The largest absolute Gasteiger partial charge is 0.448 e. The summed E-state index contributed by atoms with van der Waals surface area (Å²) in [5.41, 5.74) is 5.87. The van der Waals surface area contributed by atoms with Crippen molar-refractivity contribution in [3.63, 3.8) is 0 Å². The van der Waals surface area contributed by atoms with Gasteiger partial charge in [-0.3, -0.25) is 4.79 Å². The van der Waals surface area contributed by atoms with E-state index in [4.69, 9.17) is 26.8 Å². The van der Waals surface area contributed by atoms with Crippen molar-refractivity contribution in [3.05, 3.63) is 22.7 Å². The van der Waals surface area contributed by atoms with Crippen molar-refractivity contribution < 1.29 is 14.3 Å². The van der Waals surface area contributed by atoms with E-state index in [0.717, 1.165) is 25.7 Å². The molecule has 102 valence electrons. The molecule has 1 aliphatic carbocycles. The Morgan fingerprint density at radius 2 is 1.89 bits per heavy atom. The van der Waals surface area contributed by atoms with Crippen LogP contribution in [-0.4, -0.2) is 18.1 Å². The maximum absolute atomic E-state index is 11.9. The van der Waals surface area contributed by atoms with Crippen molar-refractivity contribution in [1.29, 1.82) is 0 Å². The molecule has 19 heavy (non-hydrogen) atoms. The Labute approximate surface area is 116 Å². The minimum absolute atomic E-state index is 0.0636. The van der Waals surface area contributed by atoms with E-state index >= 15 is 0 Å². The number of nitrogens with two attached hydrogens (primary N) is 1. The molecular weight excluding hydrogens is 266 g/mol. The first-order valence-corrected chi connectivity index (χ1v) is 6.96. The van der Waals surface area contributed by atoms with E-state index in [9.17, 15) is 4.79 Å².